The molecular weight excluding hydrogens is 390 g/mol. The summed E-state index contributed by atoms with van der Waals surface area (Å²) < 4.78 is 0. The third kappa shape index (κ3) is 4.07. The van der Waals surface area contributed by atoms with Crippen molar-refractivity contribution in [2.75, 3.05) is 5.32 Å². The Morgan fingerprint density at radius 1 is 0.933 bits per heavy atom. The molecule has 0 aliphatic carbocycles. The van der Waals surface area contributed by atoms with Gasteiger partial charge >= 0.3 is 0 Å². The molecule has 2 aromatic heterocycles. The van der Waals surface area contributed by atoms with Gasteiger partial charge in [0.25, 0.3) is 0 Å². The molecule has 0 atom stereocenters. The van der Waals surface area contributed by atoms with Crippen LogP contribution in [0.5, 0.6) is 0 Å². The van der Waals surface area contributed by atoms with Gasteiger partial charge in [0.1, 0.15) is 10.9 Å². The summed E-state index contributed by atoms with van der Waals surface area (Å²) in [5.74, 6) is 0.626. The van der Waals surface area contributed by atoms with Crippen LogP contribution in [0, 0.1) is 11.3 Å². The first-order valence-corrected chi connectivity index (χ1v) is 10.4. The van der Waals surface area contributed by atoms with Gasteiger partial charge in [-0.2, -0.15) is 5.26 Å². The molecule has 5 nitrogen and oxygen atoms in total. The van der Waals surface area contributed by atoms with E-state index in [1.165, 1.54) is 11.3 Å². The van der Waals surface area contributed by atoms with Gasteiger partial charge in [0.15, 0.2) is 10.9 Å². The number of nitriles is 1. The maximum absolute atomic E-state index is 9.48. The second-order valence-electron chi connectivity index (χ2n) is 7.91. The molecule has 6 heteroatoms. The van der Waals surface area contributed by atoms with E-state index in [2.05, 4.69) is 47.3 Å². The Morgan fingerprint density at radius 3 is 2.30 bits per heavy atom. The van der Waals surface area contributed by atoms with Crippen LogP contribution in [-0.2, 0) is 5.41 Å². The fourth-order valence-electron chi connectivity index (χ4n) is 3.14. The van der Waals surface area contributed by atoms with Gasteiger partial charge in [0, 0.05) is 16.2 Å². The highest BCUT2D eigenvalue weighted by Gasteiger charge is 2.23. The Bertz CT molecular complexity index is 1260. The minimum absolute atomic E-state index is 0.207. The maximum atomic E-state index is 9.48. The van der Waals surface area contributed by atoms with Gasteiger partial charge in [-0.15, -0.1) is 10.2 Å². The monoisotopic (exact) mass is 411 g/mol. The van der Waals surface area contributed by atoms with Crippen LogP contribution in [0.4, 0.5) is 10.9 Å². The zero-order valence-electron chi connectivity index (χ0n) is 17.0. The molecule has 0 fully saturated rings. The Morgan fingerprint density at radius 2 is 1.63 bits per heavy atom. The lowest BCUT2D eigenvalue weighted by Crippen LogP contribution is -2.13. The largest absolute Gasteiger partial charge is 0.314 e. The standard InChI is InChI=1S/C24H21N5S/c1-24(2,3)21-20(15-25)30-23(26-21)27-22-18-12-8-7-11-17(18)19(28-29-22)14-13-16-9-5-4-6-10-16/h4-14H,1-3H3,(H,26,27,29). The summed E-state index contributed by atoms with van der Waals surface area (Å²) in [6, 6.07) is 20.4. The van der Waals surface area contributed by atoms with Crippen LogP contribution >= 0.6 is 11.3 Å². The number of nitrogens with one attached hydrogen (secondary N) is 1. The number of anilines is 2. The van der Waals surface area contributed by atoms with Crippen molar-refractivity contribution < 1.29 is 0 Å². The van der Waals surface area contributed by atoms with Crippen molar-refractivity contribution in [1.29, 1.82) is 5.26 Å². The summed E-state index contributed by atoms with van der Waals surface area (Å²) in [5, 5.41) is 24.2. The molecule has 0 spiro atoms. The average molecular weight is 412 g/mol. The summed E-state index contributed by atoms with van der Waals surface area (Å²) in [7, 11) is 0. The summed E-state index contributed by atoms with van der Waals surface area (Å²) in [4.78, 5) is 5.27. The molecule has 2 heterocycles. The Balaban J connectivity index is 1.71. The van der Waals surface area contributed by atoms with Crippen LogP contribution in [0.3, 0.4) is 0 Å². The zero-order chi connectivity index (χ0) is 21.1. The Kier molecular flexibility index (Phi) is 5.30. The highest BCUT2D eigenvalue weighted by molar-refractivity contribution is 7.16. The summed E-state index contributed by atoms with van der Waals surface area (Å²) in [6.07, 6.45) is 4.00. The number of hydrogen-bond acceptors (Lipinski definition) is 6. The van der Waals surface area contributed by atoms with Gasteiger partial charge in [0.2, 0.25) is 0 Å². The lowest BCUT2D eigenvalue weighted by atomic mass is 9.91. The first kappa shape index (κ1) is 19.7. The average Bonchev–Trinajstić information content (AvgIpc) is 3.17. The second kappa shape index (κ2) is 8.05. The van der Waals surface area contributed by atoms with Crippen molar-refractivity contribution in [3.63, 3.8) is 0 Å². The van der Waals surface area contributed by atoms with Crippen molar-refractivity contribution in [3.8, 4) is 6.07 Å². The van der Waals surface area contributed by atoms with Crippen LogP contribution in [0.1, 0.15) is 42.6 Å². The topological polar surface area (TPSA) is 74.5 Å². The molecular formula is C24H21N5S. The summed E-state index contributed by atoms with van der Waals surface area (Å²) >= 11 is 1.34. The number of fused-ring (bicyclic) bond motifs is 1. The van der Waals surface area contributed by atoms with Crippen LogP contribution in [0.25, 0.3) is 22.9 Å². The zero-order valence-corrected chi connectivity index (χ0v) is 17.9. The maximum Gasteiger partial charge on any atom is 0.189 e. The minimum atomic E-state index is -0.207. The summed E-state index contributed by atoms with van der Waals surface area (Å²) in [6.45, 7) is 6.15. The van der Waals surface area contributed by atoms with E-state index in [1.54, 1.807) is 0 Å². The predicted octanol–water partition coefficient (Wildman–Crippen LogP) is 6.17. The van der Waals surface area contributed by atoms with Gasteiger partial charge in [0.05, 0.1) is 11.4 Å². The van der Waals surface area contributed by atoms with E-state index < -0.39 is 0 Å². The molecule has 0 radical (unpaired) electrons. The second-order valence-corrected chi connectivity index (χ2v) is 8.91. The van der Waals surface area contributed by atoms with E-state index in [0.717, 1.165) is 27.7 Å². The predicted molar refractivity (Wildman–Crippen MR) is 124 cm³/mol. The molecule has 1 N–H and O–H groups in total. The Labute approximate surface area is 179 Å². The van der Waals surface area contributed by atoms with Crippen molar-refractivity contribution in [2.45, 2.75) is 26.2 Å². The van der Waals surface area contributed by atoms with Crippen LogP contribution in [0.2, 0.25) is 0 Å². The molecule has 0 amide bonds. The normalized spacial score (nSPS) is 11.7. The van der Waals surface area contributed by atoms with Crippen molar-refractivity contribution in [1.82, 2.24) is 15.2 Å². The van der Waals surface area contributed by atoms with Crippen molar-refractivity contribution in [2.24, 2.45) is 0 Å². The number of nitrogens with zero attached hydrogens (tertiary/aromatic N) is 4. The molecule has 0 aliphatic rings. The lowest BCUT2D eigenvalue weighted by Gasteiger charge is -2.15. The number of rotatable bonds is 4. The molecule has 0 aliphatic heterocycles. The first-order chi connectivity index (χ1) is 14.5. The van der Waals surface area contributed by atoms with E-state index in [4.69, 9.17) is 0 Å². The third-order valence-corrected chi connectivity index (χ3v) is 5.49. The quantitative estimate of drug-likeness (QED) is 0.435. The van der Waals surface area contributed by atoms with E-state index in [0.29, 0.717) is 15.8 Å². The van der Waals surface area contributed by atoms with Gasteiger partial charge < -0.3 is 5.32 Å². The van der Waals surface area contributed by atoms with Crippen molar-refractivity contribution >= 4 is 45.2 Å². The van der Waals surface area contributed by atoms with Crippen LogP contribution in [-0.4, -0.2) is 15.2 Å². The van der Waals surface area contributed by atoms with Crippen LogP contribution in [0.15, 0.2) is 54.6 Å². The highest BCUT2D eigenvalue weighted by Crippen LogP contribution is 2.34. The highest BCUT2D eigenvalue weighted by atomic mass is 32.1. The van der Waals surface area contributed by atoms with Gasteiger partial charge in [-0.05, 0) is 11.6 Å². The van der Waals surface area contributed by atoms with Gasteiger partial charge in [-0.25, -0.2) is 4.98 Å². The van der Waals surface area contributed by atoms with Gasteiger partial charge in [-0.3, -0.25) is 0 Å². The molecule has 0 unspecified atom stereocenters. The smallest absolute Gasteiger partial charge is 0.189 e. The van der Waals surface area contributed by atoms with Gasteiger partial charge in [-0.1, -0.05) is 92.8 Å². The van der Waals surface area contributed by atoms with Crippen LogP contribution < -0.4 is 5.32 Å². The summed E-state index contributed by atoms with van der Waals surface area (Å²) in [5.41, 5.74) is 2.48. The molecule has 0 saturated heterocycles. The Hall–Kier alpha value is -3.56. The van der Waals surface area contributed by atoms with Crippen molar-refractivity contribution in [3.05, 3.63) is 76.4 Å². The molecule has 0 bridgehead atoms. The molecule has 0 saturated carbocycles. The number of benzene rings is 2. The van der Waals surface area contributed by atoms with E-state index >= 15 is 0 Å². The lowest BCUT2D eigenvalue weighted by molar-refractivity contribution is 0.572. The third-order valence-electron chi connectivity index (χ3n) is 4.61. The molecule has 2 aromatic carbocycles. The minimum Gasteiger partial charge on any atom is -0.314 e. The number of aromatic nitrogens is 3. The molecule has 148 valence electrons. The van der Waals surface area contributed by atoms with E-state index in [1.807, 2.05) is 66.7 Å². The number of thiazole rings is 1. The number of hydrogen-bond donors (Lipinski definition) is 1. The SMILES string of the molecule is CC(C)(C)c1nc(Nc2nnc(C=Cc3ccccc3)c3ccccc23)sc1C#N. The van der Waals surface area contributed by atoms with E-state index in [9.17, 15) is 5.26 Å². The molecule has 30 heavy (non-hydrogen) atoms. The van der Waals surface area contributed by atoms with E-state index in [-0.39, 0.29) is 5.41 Å². The molecule has 4 rings (SSSR count). The fourth-order valence-corrected chi connectivity index (χ4v) is 4.11. The fraction of sp³-hybridized carbons (Fsp3) is 0.167. The first-order valence-electron chi connectivity index (χ1n) is 9.62. The molecule has 4 aromatic rings.